The van der Waals surface area contributed by atoms with Crippen LogP contribution >= 0.6 is 23.4 Å². The van der Waals surface area contributed by atoms with Crippen molar-refractivity contribution in [2.24, 2.45) is 0 Å². The molecule has 0 aliphatic rings. The smallest absolute Gasteiger partial charge is 0.242 e. The highest BCUT2D eigenvalue weighted by Crippen LogP contribution is 2.20. The van der Waals surface area contributed by atoms with Crippen molar-refractivity contribution in [3.8, 4) is 0 Å². The number of thioether (sulfide) groups is 1. The Morgan fingerprint density at radius 3 is 2.59 bits per heavy atom. The van der Waals surface area contributed by atoms with Crippen LogP contribution in [0.4, 0.5) is 0 Å². The Morgan fingerprint density at radius 1 is 1.41 bits per heavy atom. The highest BCUT2D eigenvalue weighted by Gasteiger charge is 2.19. The number of hydrogen-bond acceptors (Lipinski definition) is 2. The van der Waals surface area contributed by atoms with Crippen molar-refractivity contribution < 1.29 is 4.79 Å². The first-order chi connectivity index (χ1) is 8.19. The summed E-state index contributed by atoms with van der Waals surface area (Å²) in [6.07, 6.45) is 2.95. The van der Waals surface area contributed by atoms with E-state index in [1.165, 1.54) is 0 Å². The first kappa shape index (κ1) is 14.4. The molecule has 1 aromatic carbocycles. The Bertz CT molecular complexity index is 345. The van der Waals surface area contributed by atoms with Crippen LogP contribution < -0.4 is 5.32 Å². The average Bonchev–Trinajstić information content (AvgIpc) is 2.38. The van der Waals surface area contributed by atoms with Crippen molar-refractivity contribution in [2.45, 2.75) is 24.8 Å². The van der Waals surface area contributed by atoms with Gasteiger partial charge in [0.2, 0.25) is 5.91 Å². The molecule has 0 spiro atoms. The van der Waals surface area contributed by atoms with Crippen molar-refractivity contribution in [2.75, 3.05) is 12.0 Å². The SMILES string of the molecule is CCC(CSC)NC(=O)C(Cl)c1ccccc1. The van der Waals surface area contributed by atoms with Crippen molar-refractivity contribution in [1.82, 2.24) is 5.32 Å². The molecule has 4 heteroatoms. The van der Waals surface area contributed by atoms with Gasteiger partial charge in [0.15, 0.2) is 0 Å². The summed E-state index contributed by atoms with van der Waals surface area (Å²) in [7, 11) is 0. The minimum atomic E-state index is -0.605. The van der Waals surface area contributed by atoms with E-state index in [4.69, 9.17) is 11.6 Å². The lowest BCUT2D eigenvalue weighted by Gasteiger charge is -2.18. The van der Waals surface area contributed by atoms with Gasteiger partial charge in [-0.3, -0.25) is 4.79 Å². The summed E-state index contributed by atoms with van der Waals surface area (Å²) in [4.78, 5) is 11.9. The zero-order valence-corrected chi connectivity index (χ0v) is 11.7. The van der Waals surface area contributed by atoms with Crippen molar-refractivity contribution in [3.05, 3.63) is 35.9 Å². The quantitative estimate of drug-likeness (QED) is 0.805. The second-order valence-electron chi connectivity index (χ2n) is 3.84. The molecule has 0 fully saturated rings. The number of nitrogens with one attached hydrogen (secondary N) is 1. The molecule has 1 aromatic rings. The van der Waals surface area contributed by atoms with Gasteiger partial charge in [-0.1, -0.05) is 37.3 Å². The van der Waals surface area contributed by atoms with Crippen LogP contribution in [-0.4, -0.2) is 24.0 Å². The van der Waals surface area contributed by atoms with Gasteiger partial charge in [-0.05, 0) is 18.2 Å². The third-order valence-electron chi connectivity index (χ3n) is 2.53. The molecule has 0 aliphatic heterocycles. The number of rotatable bonds is 6. The summed E-state index contributed by atoms with van der Waals surface area (Å²) in [5.41, 5.74) is 0.839. The third kappa shape index (κ3) is 4.60. The average molecular weight is 272 g/mol. The predicted octanol–water partition coefficient (Wildman–Crippen LogP) is 3.22. The molecule has 0 saturated heterocycles. The fourth-order valence-electron chi connectivity index (χ4n) is 1.51. The minimum Gasteiger partial charge on any atom is -0.351 e. The molecule has 2 nitrogen and oxygen atoms in total. The van der Waals surface area contributed by atoms with E-state index < -0.39 is 5.38 Å². The monoisotopic (exact) mass is 271 g/mol. The molecule has 0 bridgehead atoms. The Hall–Kier alpha value is -0.670. The van der Waals surface area contributed by atoms with E-state index in [1.807, 2.05) is 36.6 Å². The highest BCUT2D eigenvalue weighted by molar-refractivity contribution is 7.98. The normalized spacial score (nSPS) is 14.1. The number of benzene rings is 1. The van der Waals surface area contributed by atoms with Gasteiger partial charge in [-0.2, -0.15) is 11.8 Å². The summed E-state index contributed by atoms with van der Waals surface area (Å²) in [6.45, 7) is 2.06. The van der Waals surface area contributed by atoms with Crippen LogP contribution in [0.15, 0.2) is 30.3 Å². The molecule has 0 radical (unpaired) electrons. The van der Waals surface area contributed by atoms with Crippen LogP contribution in [0.25, 0.3) is 0 Å². The lowest BCUT2D eigenvalue weighted by Crippen LogP contribution is -2.38. The minimum absolute atomic E-state index is 0.112. The zero-order valence-electron chi connectivity index (χ0n) is 10.2. The van der Waals surface area contributed by atoms with Gasteiger partial charge < -0.3 is 5.32 Å². The Kier molecular flexibility index (Phi) is 6.45. The molecule has 0 saturated carbocycles. The summed E-state index contributed by atoms with van der Waals surface area (Å²) in [5, 5.41) is 2.37. The molecule has 1 amide bonds. The van der Waals surface area contributed by atoms with E-state index >= 15 is 0 Å². The molecule has 2 atom stereocenters. The van der Waals surface area contributed by atoms with Crippen LogP contribution in [0.2, 0.25) is 0 Å². The van der Waals surface area contributed by atoms with Crippen LogP contribution in [0.3, 0.4) is 0 Å². The number of halogens is 1. The molecular weight excluding hydrogens is 254 g/mol. The maximum absolute atomic E-state index is 11.9. The summed E-state index contributed by atoms with van der Waals surface area (Å²) in [5.74, 6) is 0.805. The molecule has 17 heavy (non-hydrogen) atoms. The van der Waals surface area contributed by atoms with E-state index in [2.05, 4.69) is 12.2 Å². The first-order valence-electron chi connectivity index (χ1n) is 5.67. The fraction of sp³-hybridized carbons (Fsp3) is 0.462. The van der Waals surface area contributed by atoms with Crippen LogP contribution in [0.5, 0.6) is 0 Å². The second kappa shape index (κ2) is 7.62. The van der Waals surface area contributed by atoms with Gasteiger partial charge in [-0.15, -0.1) is 11.6 Å². The van der Waals surface area contributed by atoms with Gasteiger partial charge in [0.05, 0.1) is 0 Å². The Morgan fingerprint density at radius 2 is 2.06 bits per heavy atom. The van der Waals surface area contributed by atoms with Crippen LogP contribution in [-0.2, 0) is 4.79 Å². The fourth-order valence-corrected chi connectivity index (χ4v) is 2.44. The maximum atomic E-state index is 11.9. The van der Waals surface area contributed by atoms with Gasteiger partial charge in [0, 0.05) is 11.8 Å². The summed E-state index contributed by atoms with van der Waals surface area (Å²) < 4.78 is 0. The first-order valence-corrected chi connectivity index (χ1v) is 7.50. The molecule has 0 aromatic heterocycles. The van der Waals surface area contributed by atoms with Crippen LogP contribution in [0, 0.1) is 0 Å². The standard InChI is InChI=1S/C13H18ClNOS/c1-3-11(9-17-2)15-13(16)12(14)10-7-5-4-6-8-10/h4-8,11-12H,3,9H2,1-2H3,(H,15,16). The molecular formula is C13H18ClNOS. The summed E-state index contributed by atoms with van der Waals surface area (Å²) >= 11 is 7.87. The molecule has 1 rings (SSSR count). The Balaban J connectivity index is 2.58. The van der Waals surface area contributed by atoms with Crippen LogP contribution in [0.1, 0.15) is 24.3 Å². The largest absolute Gasteiger partial charge is 0.351 e. The van der Waals surface area contributed by atoms with Crippen molar-refractivity contribution in [3.63, 3.8) is 0 Å². The van der Waals surface area contributed by atoms with E-state index in [1.54, 1.807) is 11.8 Å². The van der Waals surface area contributed by atoms with Crippen molar-refractivity contribution >= 4 is 29.3 Å². The number of alkyl halides is 1. The molecule has 0 aliphatic carbocycles. The number of carbonyl (C=O) groups is 1. The van der Waals surface area contributed by atoms with E-state index in [0.717, 1.165) is 17.7 Å². The summed E-state index contributed by atoms with van der Waals surface area (Å²) in [6, 6.07) is 9.61. The molecule has 94 valence electrons. The number of hydrogen-bond donors (Lipinski definition) is 1. The van der Waals surface area contributed by atoms with Gasteiger partial charge in [0.1, 0.15) is 5.38 Å². The van der Waals surface area contributed by atoms with Gasteiger partial charge in [-0.25, -0.2) is 0 Å². The lowest BCUT2D eigenvalue weighted by atomic mass is 10.1. The third-order valence-corrected chi connectivity index (χ3v) is 3.72. The lowest BCUT2D eigenvalue weighted by molar-refractivity contribution is -0.121. The molecule has 2 unspecified atom stereocenters. The van der Waals surface area contributed by atoms with E-state index in [9.17, 15) is 4.79 Å². The maximum Gasteiger partial charge on any atom is 0.242 e. The second-order valence-corrected chi connectivity index (χ2v) is 5.19. The topological polar surface area (TPSA) is 29.1 Å². The van der Waals surface area contributed by atoms with E-state index in [-0.39, 0.29) is 11.9 Å². The van der Waals surface area contributed by atoms with Gasteiger partial charge in [0.25, 0.3) is 0 Å². The number of carbonyl (C=O) groups excluding carboxylic acids is 1. The van der Waals surface area contributed by atoms with E-state index in [0.29, 0.717) is 0 Å². The predicted molar refractivity (Wildman–Crippen MR) is 75.6 cm³/mol. The number of amides is 1. The highest BCUT2D eigenvalue weighted by atomic mass is 35.5. The van der Waals surface area contributed by atoms with Gasteiger partial charge >= 0.3 is 0 Å². The van der Waals surface area contributed by atoms with Crippen molar-refractivity contribution in [1.29, 1.82) is 0 Å². The Labute approximate surface area is 112 Å². The molecule has 1 N–H and O–H groups in total. The molecule has 0 heterocycles. The zero-order chi connectivity index (χ0) is 12.7.